The first-order valence-corrected chi connectivity index (χ1v) is 23.6. The summed E-state index contributed by atoms with van der Waals surface area (Å²) in [6.45, 7) is 6.75. The third-order valence-electron chi connectivity index (χ3n) is 13.5. The Hall–Kier alpha value is -1.64. The van der Waals surface area contributed by atoms with Crippen LogP contribution in [-0.4, -0.2) is 108 Å². The van der Waals surface area contributed by atoms with Crippen molar-refractivity contribution in [2.75, 3.05) is 32.8 Å². The average Bonchev–Trinajstić information content (AvgIpc) is 3.49. The fourth-order valence-electron chi connectivity index (χ4n) is 10.5. The molecule has 4 fully saturated rings. The number of ether oxygens (including phenoxy) is 3. The lowest BCUT2D eigenvalue weighted by Crippen LogP contribution is -2.81. The van der Waals surface area contributed by atoms with Gasteiger partial charge in [0.15, 0.2) is 0 Å². The second-order valence-electron chi connectivity index (χ2n) is 18.1. The Labute approximate surface area is 345 Å². The molecule has 9 atom stereocenters. The number of esters is 1. The third kappa shape index (κ3) is 13.4. The zero-order chi connectivity index (χ0) is 40.5. The summed E-state index contributed by atoms with van der Waals surface area (Å²) in [4.78, 5) is 31.1. The fraction of sp³-hybridized carbons (Fsp3) is 0.911. The minimum atomic E-state index is -0.724. The molecule has 0 aromatic rings. The second-order valence-corrected chi connectivity index (χ2v) is 18.1. The van der Waals surface area contributed by atoms with Crippen molar-refractivity contribution >= 4 is 11.9 Å². The van der Waals surface area contributed by atoms with Crippen LogP contribution in [0.25, 0.3) is 0 Å². The van der Waals surface area contributed by atoms with E-state index < -0.39 is 11.8 Å². The topological polar surface area (TPSA) is 165 Å². The monoisotopic (exact) mass is 803 g/mol. The standard InChI is InChI=1S/C45H82N6O6/c1-3-38-22-16-17-27-44(57-38)33-36-24-25-39-41(45(28-19-21-35(2)56-45)49-43(48-44)51(36)39)42(54)55-32-18-14-12-10-8-6-4-5-7-9-11-13-15-23-40(53)50(31-20-29-46)34-37(52)26-30-47/h16,22,35-39,41,43,48-49,52H,3-15,17-21,23-34,46-47H2,1-2H3/t35-,36+,37+,38+,39-,41-,43?,44+,45-/m1/s1. The lowest BCUT2D eigenvalue weighted by molar-refractivity contribution is -0.255. The van der Waals surface area contributed by atoms with Crippen LogP contribution in [0, 0.1) is 5.92 Å². The highest BCUT2D eigenvalue weighted by atomic mass is 16.6. The van der Waals surface area contributed by atoms with Gasteiger partial charge in [-0.15, -0.1) is 0 Å². The van der Waals surface area contributed by atoms with Crippen molar-refractivity contribution in [1.29, 1.82) is 0 Å². The summed E-state index contributed by atoms with van der Waals surface area (Å²) < 4.78 is 19.7. The lowest BCUT2D eigenvalue weighted by Gasteiger charge is -2.60. The van der Waals surface area contributed by atoms with Crippen molar-refractivity contribution in [3.63, 3.8) is 0 Å². The van der Waals surface area contributed by atoms with E-state index in [0.717, 1.165) is 89.9 Å². The van der Waals surface area contributed by atoms with Gasteiger partial charge in [-0.3, -0.25) is 25.1 Å². The minimum absolute atomic E-state index is 0.0878. The van der Waals surface area contributed by atoms with E-state index in [-0.39, 0.29) is 48.1 Å². The van der Waals surface area contributed by atoms with Crippen molar-refractivity contribution in [3.8, 4) is 0 Å². The molecule has 0 bridgehead atoms. The van der Waals surface area contributed by atoms with E-state index in [2.05, 4.69) is 41.5 Å². The number of unbranched alkanes of at least 4 members (excludes halogenated alkanes) is 12. The SMILES string of the molecule is CC[C@H]1C=CCC[C@@]2(C[C@@H]3CC[C@@H]4[C@H](C(=O)OCCCCCCCCCCCCCCCC(=O)N(CCCN)C[C@@H](O)CCN)[C@]5(CCC[C@@H](C)O5)NC(N2)N34)O1. The molecule has 5 aliphatic rings. The molecule has 0 aliphatic carbocycles. The summed E-state index contributed by atoms with van der Waals surface area (Å²) in [5.41, 5.74) is 10.1. The number of allylic oxidation sites excluding steroid dienone is 1. The maximum Gasteiger partial charge on any atom is 0.314 e. The number of carbonyl (C=O) groups excluding carboxylic acids is 2. The summed E-state index contributed by atoms with van der Waals surface area (Å²) in [6, 6.07) is 0.465. The average molecular weight is 803 g/mol. The first kappa shape index (κ1) is 46.4. The van der Waals surface area contributed by atoms with E-state index in [9.17, 15) is 14.7 Å². The Balaban J connectivity index is 0.931. The van der Waals surface area contributed by atoms with E-state index in [1.54, 1.807) is 4.90 Å². The molecule has 1 unspecified atom stereocenters. The third-order valence-corrected chi connectivity index (χ3v) is 13.5. The van der Waals surface area contributed by atoms with E-state index in [1.165, 1.54) is 57.8 Å². The molecular weight excluding hydrogens is 721 g/mol. The van der Waals surface area contributed by atoms with Crippen LogP contribution in [0.3, 0.4) is 0 Å². The molecule has 12 heteroatoms. The van der Waals surface area contributed by atoms with Gasteiger partial charge in [-0.1, -0.05) is 89.7 Å². The highest BCUT2D eigenvalue weighted by Gasteiger charge is 2.63. The van der Waals surface area contributed by atoms with Crippen molar-refractivity contribution in [2.45, 2.75) is 223 Å². The van der Waals surface area contributed by atoms with E-state index in [1.807, 2.05) is 0 Å². The molecule has 12 nitrogen and oxygen atoms in total. The molecule has 0 saturated carbocycles. The first-order chi connectivity index (χ1) is 27.7. The molecule has 5 aliphatic heterocycles. The van der Waals surface area contributed by atoms with Crippen molar-refractivity contribution in [2.24, 2.45) is 17.4 Å². The summed E-state index contributed by atoms with van der Waals surface area (Å²) in [7, 11) is 0. The van der Waals surface area contributed by atoms with Gasteiger partial charge in [0.05, 0.1) is 24.9 Å². The predicted octanol–water partition coefficient (Wildman–Crippen LogP) is 6.33. The van der Waals surface area contributed by atoms with Gasteiger partial charge < -0.3 is 35.7 Å². The number of nitrogens with one attached hydrogen (secondary N) is 2. The molecule has 57 heavy (non-hydrogen) atoms. The molecule has 7 N–H and O–H groups in total. The van der Waals surface area contributed by atoms with Crippen molar-refractivity contribution < 1.29 is 28.9 Å². The van der Waals surface area contributed by atoms with Crippen LogP contribution >= 0.6 is 0 Å². The van der Waals surface area contributed by atoms with Gasteiger partial charge in [0.1, 0.15) is 23.7 Å². The highest BCUT2D eigenvalue weighted by Crippen LogP contribution is 2.49. The zero-order valence-electron chi connectivity index (χ0n) is 35.9. The molecular formula is C45H82N6O6. The number of aliphatic hydroxyl groups excluding tert-OH is 1. The number of amides is 1. The maximum atomic E-state index is 14.1. The Morgan fingerprint density at radius 2 is 1.61 bits per heavy atom. The van der Waals surface area contributed by atoms with E-state index >= 15 is 0 Å². The molecule has 0 aromatic carbocycles. The Morgan fingerprint density at radius 3 is 2.28 bits per heavy atom. The van der Waals surface area contributed by atoms with Gasteiger partial charge in [0, 0.05) is 38.0 Å². The van der Waals surface area contributed by atoms with Crippen LogP contribution in [0.4, 0.5) is 0 Å². The van der Waals surface area contributed by atoms with Gasteiger partial charge in [-0.2, -0.15) is 0 Å². The van der Waals surface area contributed by atoms with Crippen molar-refractivity contribution in [3.05, 3.63) is 12.2 Å². The molecule has 5 rings (SSSR count). The first-order valence-electron chi connectivity index (χ1n) is 23.6. The van der Waals surface area contributed by atoms with Gasteiger partial charge in [0.25, 0.3) is 0 Å². The molecule has 2 spiro atoms. The number of hydrogen-bond acceptors (Lipinski definition) is 11. The Morgan fingerprint density at radius 1 is 0.912 bits per heavy atom. The predicted molar refractivity (Wildman–Crippen MR) is 226 cm³/mol. The van der Waals surface area contributed by atoms with Crippen LogP contribution in [0.5, 0.6) is 0 Å². The number of rotatable bonds is 25. The Kier molecular flexibility index (Phi) is 19.5. The van der Waals surface area contributed by atoms with E-state index in [0.29, 0.717) is 51.7 Å². The van der Waals surface area contributed by atoms with Gasteiger partial charge in [-0.25, -0.2) is 0 Å². The number of aliphatic hydroxyl groups is 1. The highest BCUT2D eigenvalue weighted by molar-refractivity contribution is 5.76. The van der Waals surface area contributed by atoms with Gasteiger partial charge >= 0.3 is 5.97 Å². The molecule has 5 heterocycles. The summed E-state index contributed by atoms with van der Waals surface area (Å²) >= 11 is 0. The number of hydrogen-bond donors (Lipinski definition) is 5. The van der Waals surface area contributed by atoms with Gasteiger partial charge in [-0.05, 0) is 97.1 Å². The van der Waals surface area contributed by atoms with Gasteiger partial charge in [0.2, 0.25) is 5.91 Å². The molecule has 1 amide bonds. The largest absolute Gasteiger partial charge is 0.465 e. The van der Waals surface area contributed by atoms with Crippen LogP contribution in [-0.2, 0) is 23.8 Å². The molecule has 0 aromatic heterocycles. The van der Waals surface area contributed by atoms with Crippen LogP contribution < -0.4 is 22.1 Å². The quantitative estimate of drug-likeness (QED) is 0.0398. The van der Waals surface area contributed by atoms with E-state index in [4.69, 9.17) is 25.7 Å². The number of nitrogens with two attached hydrogens (primary N) is 2. The molecule has 328 valence electrons. The maximum absolute atomic E-state index is 14.1. The normalized spacial score (nSPS) is 31.7. The zero-order valence-corrected chi connectivity index (χ0v) is 35.9. The summed E-state index contributed by atoms with van der Waals surface area (Å²) in [6.07, 6.45) is 29.9. The summed E-state index contributed by atoms with van der Waals surface area (Å²) in [5, 5.41) is 18.0. The van der Waals surface area contributed by atoms with Crippen LogP contribution in [0.1, 0.15) is 174 Å². The summed E-state index contributed by atoms with van der Waals surface area (Å²) in [5.74, 6) is -0.302. The number of carbonyl (C=O) groups is 2. The van der Waals surface area contributed by atoms with Crippen LogP contribution in [0.2, 0.25) is 0 Å². The number of nitrogens with zero attached hydrogens (tertiary/aromatic N) is 2. The van der Waals surface area contributed by atoms with Crippen molar-refractivity contribution in [1.82, 2.24) is 20.4 Å². The minimum Gasteiger partial charge on any atom is -0.465 e. The smallest absolute Gasteiger partial charge is 0.314 e. The molecule has 0 radical (unpaired) electrons. The lowest BCUT2D eigenvalue weighted by atomic mass is 9.79. The molecule has 4 saturated heterocycles. The fourth-order valence-corrected chi connectivity index (χ4v) is 10.5. The Bertz CT molecular complexity index is 1230. The second kappa shape index (κ2) is 24.0. The van der Waals surface area contributed by atoms with Crippen LogP contribution in [0.15, 0.2) is 12.2 Å².